The molecule has 1 saturated heterocycles. The predicted octanol–water partition coefficient (Wildman–Crippen LogP) is 2.35. The lowest BCUT2D eigenvalue weighted by molar-refractivity contribution is -0.123. The van der Waals surface area contributed by atoms with Gasteiger partial charge in [0.25, 0.3) is 0 Å². The molecule has 2 atom stereocenters. The van der Waals surface area contributed by atoms with Crippen LogP contribution < -0.4 is 10.2 Å². The number of hydrogen-bond acceptors (Lipinski definition) is 5. The quantitative estimate of drug-likeness (QED) is 0.835. The average molecular weight is 380 g/mol. The molecule has 2 aromatic rings. The number of aryl methyl sites for hydroxylation is 1. The van der Waals surface area contributed by atoms with Crippen LogP contribution in [0.4, 0.5) is 5.95 Å². The summed E-state index contributed by atoms with van der Waals surface area (Å²) >= 11 is 0. The Hall–Kier alpha value is -2.47. The summed E-state index contributed by atoms with van der Waals surface area (Å²) in [4.78, 5) is 25.6. The summed E-state index contributed by atoms with van der Waals surface area (Å²) in [6.07, 6.45) is 5.87. The Bertz CT molecular complexity index is 814. The number of carbonyl (C=O) groups is 1. The van der Waals surface area contributed by atoms with E-state index < -0.39 is 0 Å². The predicted molar refractivity (Wildman–Crippen MR) is 110 cm³/mol. The van der Waals surface area contributed by atoms with E-state index in [1.54, 1.807) is 0 Å². The van der Waals surface area contributed by atoms with Crippen molar-refractivity contribution in [3.8, 4) is 0 Å². The number of rotatable bonds is 6. The van der Waals surface area contributed by atoms with E-state index in [4.69, 9.17) is 0 Å². The molecule has 1 saturated carbocycles. The second-order valence-electron chi connectivity index (χ2n) is 8.39. The van der Waals surface area contributed by atoms with Crippen molar-refractivity contribution in [2.75, 3.05) is 32.1 Å². The van der Waals surface area contributed by atoms with Crippen LogP contribution in [0.25, 0.3) is 0 Å². The van der Waals surface area contributed by atoms with Crippen LogP contribution in [-0.4, -0.2) is 54.0 Å². The van der Waals surface area contributed by atoms with Gasteiger partial charge in [-0.1, -0.05) is 29.8 Å². The lowest BCUT2D eigenvalue weighted by Crippen LogP contribution is -2.40. The van der Waals surface area contributed by atoms with Gasteiger partial charge in [-0.15, -0.1) is 0 Å². The minimum atomic E-state index is 0.151. The Kier molecular flexibility index (Phi) is 5.31. The second kappa shape index (κ2) is 7.87. The lowest BCUT2D eigenvalue weighted by Gasteiger charge is -2.20. The maximum Gasteiger partial charge on any atom is 0.224 e. The van der Waals surface area contributed by atoms with Crippen LogP contribution >= 0.6 is 0 Å². The molecule has 6 nitrogen and oxygen atoms in total. The maximum absolute atomic E-state index is 12.4. The lowest BCUT2D eigenvalue weighted by atomic mass is 9.93. The first-order chi connectivity index (χ1) is 13.5. The summed E-state index contributed by atoms with van der Waals surface area (Å²) in [6.45, 7) is 4.68. The highest BCUT2D eigenvalue weighted by Gasteiger charge is 2.38. The SMILES string of the molecule is Cc1ccc([C@@H]2CN(Cc3cnc(N(C)C)nc3)C[C@H]2NC(=O)C2CC2)cc1. The van der Waals surface area contributed by atoms with Crippen molar-refractivity contribution in [2.24, 2.45) is 5.92 Å². The smallest absolute Gasteiger partial charge is 0.224 e. The molecule has 1 aromatic heterocycles. The van der Waals surface area contributed by atoms with E-state index in [0.29, 0.717) is 5.92 Å². The number of hydrogen-bond donors (Lipinski definition) is 1. The zero-order valence-electron chi connectivity index (χ0n) is 16.9. The van der Waals surface area contributed by atoms with Gasteiger partial charge in [-0.3, -0.25) is 9.69 Å². The molecule has 28 heavy (non-hydrogen) atoms. The summed E-state index contributed by atoms with van der Waals surface area (Å²) in [6, 6.07) is 8.87. The zero-order chi connectivity index (χ0) is 19.7. The highest BCUT2D eigenvalue weighted by Crippen LogP contribution is 2.32. The molecule has 148 valence electrons. The number of benzene rings is 1. The number of carbonyl (C=O) groups excluding carboxylic acids is 1. The van der Waals surface area contributed by atoms with Gasteiger partial charge in [0, 0.05) is 69.6 Å². The molecule has 0 spiro atoms. The van der Waals surface area contributed by atoms with Crippen LogP contribution in [0.1, 0.15) is 35.4 Å². The van der Waals surface area contributed by atoms with Crippen molar-refractivity contribution in [2.45, 2.75) is 38.3 Å². The van der Waals surface area contributed by atoms with E-state index >= 15 is 0 Å². The van der Waals surface area contributed by atoms with Crippen molar-refractivity contribution < 1.29 is 4.79 Å². The summed E-state index contributed by atoms with van der Waals surface area (Å²) in [7, 11) is 3.88. The Labute approximate surface area is 167 Å². The zero-order valence-corrected chi connectivity index (χ0v) is 16.9. The molecule has 1 aromatic carbocycles. The van der Waals surface area contributed by atoms with Gasteiger partial charge in [0.15, 0.2) is 0 Å². The summed E-state index contributed by atoms with van der Waals surface area (Å²) in [5.74, 6) is 1.49. The third kappa shape index (κ3) is 4.33. The van der Waals surface area contributed by atoms with E-state index in [2.05, 4.69) is 51.4 Å². The Morgan fingerprint density at radius 2 is 1.82 bits per heavy atom. The van der Waals surface area contributed by atoms with Crippen molar-refractivity contribution in [3.05, 3.63) is 53.3 Å². The van der Waals surface area contributed by atoms with Gasteiger partial charge < -0.3 is 10.2 Å². The number of amides is 1. The molecule has 0 bridgehead atoms. The number of likely N-dealkylation sites (tertiary alicyclic amines) is 1. The molecule has 1 N–H and O–H groups in total. The minimum absolute atomic E-state index is 0.151. The summed E-state index contributed by atoms with van der Waals surface area (Å²) in [5.41, 5.74) is 3.66. The standard InChI is InChI=1S/C22H29N5O/c1-15-4-6-17(7-5-15)19-13-27(14-20(19)25-21(28)18-8-9-18)12-16-10-23-22(24-11-16)26(2)3/h4-7,10-11,18-20H,8-9,12-14H2,1-3H3,(H,25,28)/t19-,20+/m0/s1. The van der Waals surface area contributed by atoms with Gasteiger partial charge in [0.2, 0.25) is 11.9 Å². The molecule has 1 aliphatic heterocycles. The molecule has 2 heterocycles. The molecule has 4 rings (SSSR count). The summed E-state index contributed by atoms with van der Waals surface area (Å²) < 4.78 is 0. The molecule has 0 unspecified atom stereocenters. The van der Waals surface area contributed by atoms with Gasteiger partial charge in [-0.25, -0.2) is 9.97 Å². The summed E-state index contributed by atoms with van der Waals surface area (Å²) in [5, 5.41) is 3.33. The highest BCUT2D eigenvalue weighted by molar-refractivity contribution is 5.81. The van der Waals surface area contributed by atoms with E-state index in [1.807, 2.05) is 31.4 Å². The van der Waals surface area contributed by atoms with Crippen molar-refractivity contribution in [1.29, 1.82) is 0 Å². The van der Waals surface area contributed by atoms with E-state index in [0.717, 1.165) is 44.0 Å². The topological polar surface area (TPSA) is 61.4 Å². The fourth-order valence-electron chi connectivity index (χ4n) is 3.88. The molecule has 1 amide bonds. The maximum atomic E-state index is 12.4. The fraction of sp³-hybridized carbons (Fsp3) is 0.500. The van der Waals surface area contributed by atoms with Gasteiger partial charge >= 0.3 is 0 Å². The third-order valence-electron chi connectivity index (χ3n) is 5.67. The number of nitrogens with one attached hydrogen (secondary N) is 1. The monoisotopic (exact) mass is 379 g/mol. The first-order valence-electron chi connectivity index (χ1n) is 10.1. The van der Waals surface area contributed by atoms with E-state index in [1.165, 1.54) is 11.1 Å². The average Bonchev–Trinajstić information content (AvgIpc) is 3.46. The number of nitrogens with zero attached hydrogens (tertiary/aromatic N) is 4. The number of anilines is 1. The molecule has 6 heteroatoms. The van der Waals surface area contributed by atoms with Crippen LogP contribution in [0.5, 0.6) is 0 Å². The fourth-order valence-corrected chi connectivity index (χ4v) is 3.88. The Balaban J connectivity index is 1.47. The van der Waals surface area contributed by atoms with Crippen LogP contribution in [0.2, 0.25) is 0 Å². The Morgan fingerprint density at radius 1 is 1.14 bits per heavy atom. The van der Waals surface area contributed by atoms with Crippen molar-refractivity contribution >= 4 is 11.9 Å². The number of aromatic nitrogens is 2. The van der Waals surface area contributed by atoms with Crippen LogP contribution in [0.3, 0.4) is 0 Å². The van der Waals surface area contributed by atoms with Crippen molar-refractivity contribution in [1.82, 2.24) is 20.2 Å². The highest BCUT2D eigenvalue weighted by atomic mass is 16.2. The Morgan fingerprint density at radius 3 is 2.43 bits per heavy atom. The third-order valence-corrected chi connectivity index (χ3v) is 5.67. The first-order valence-corrected chi connectivity index (χ1v) is 10.1. The van der Waals surface area contributed by atoms with Gasteiger partial charge in [-0.2, -0.15) is 0 Å². The van der Waals surface area contributed by atoms with Gasteiger partial charge in [0.05, 0.1) is 0 Å². The molecule has 2 fully saturated rings. The van der Waals surface area contributed by atoms with Crippen LogP contribution in [-0.2, 0) is 11.3 Å². The van der Waals surface area contributed by atoms with E-state index in [-0.39, 0.29) is 17.9 Å². The van der Waals surface area contributed by atoms with E-state index in [9.17, 15) is 4.79 Å². The van der Waals surface area contributed by atoms with Crippen molar-refractivity contribution in [3.63, 3.8) is 0 Å². The minimum Gasteiger partial charge on any atom is -0.351 e. The molecule has 2 aliphatic rings. The van der Waals surface area contributed by atoms with Crippen LogP contribution in [0, 0.1) is 12.8 Å². The molecule has 1 aliphatic carbocycles. The van der Waals surface area contributed by atoms with Crippen LogP contribution in [0.15, 0.2) is 36.7 Å². The van der Waals surface area contributed by atoms with Gasteiger partial charge in [-0.05, 0) is 25.3 Å². The second-order valence-corrected chi connectivity index (χ2v) is 8.39. The largest absolute Gasteiger partial charge is 0.351 e. The molecule has 0 radical (unpaired) electrons. The van der Waals surface area contributed by atoms with Gasteiger partial charge in [0.1, 0.15) is 0 Å². The first kappa shape index (κ1) is 18.9. The normalized spacial score (nSPS) is 22.2. The molecular weight excluding hydrogens is 350 g/mol. The molecular formula is C22H29N5O.